The molecule has 2 aromatic rings. The average molecular weight is 316 g/mol. The molecular weight excluding hydrogens is 296 g/mol. The van der Waals surface area contributed by atoms with Crippen molar-refractivity contribution in [3.63, 3.8) is 0 Å². The lowest BCUT2D eigenvalue weighted by Crippen LogP contribution is -2.36. The second-order valence-electron chi connectivity index (χ2n) is 5.39. The van der Waals surface area contributed by atoms with E-state index in [4.69, 9.17) is 9.47 Å². The molecule has 2 amide bonds. The Morgan fingerprint density at radius 2 is 2.13 bits per heavy atom. The topological polar surface area (TPSA) is 88.3 Å². The molecule has 0 bridgehead atoms. The molecule has 7 nitrogen and oxygen atoms in total. The third-order valence-electron chi connectivity index (χ3n) is 3.62. The molecular formula is C16H20N4O3. The fraction of sp³-hybridized carbons (Fsp3) is 0.375. The Hall–Kier alpha value is -2.70. The second-order valence-corrected chi connectivity index (χ2v) is 5.39. The number of urea groups is 1. The number of benzene rings is 1. The normalized spacial score (nSPS) is 14.7. The standard InChI is InChI=1S/C16H20N4O3/c1-11(19-16(21)17-10-13-5-6-18-20-13)12-3-4-14-15(9-12)23-8-2-7-22-14/h3-6,9,11H,2,7-8,10H2,1H3,(H,18,20)(H2,17,19,21). The molecule has 1 aliphatic heterocycles. The van der Waals surface area contributed by atoms with Gasteiger partial charge in [0, 0.05) is 12.6 Å². The second kappa shape index (κ2) is 7.04. The number of carbonyl (C=O) groups excluding carboxylic acids is 1. The predicted octanol–water partition coefficient (Wildman–Crippen LogP) is 2.13. The van der Waals surface area contributed by atoms with Gasteiger partial charge >= 0.3 is 6.03 Å². The van der Waals surface area contributed by atoms with Gasteiger partial charge in [0.1, 0.15) is 0 Å². The Bertz CT molecular complexity index is 657. The molecule has 7 heteroatoms. The third-order valence-corrected chi connectivity index (χ3v) is 3.62. The summed E-state index contributed by atoms with van der Waals surface area (Å²) in [6.07, 6.45) is 2.52. The van der Waals surface area contributed by atoms with Crippen molar-refractivity contribution in [3.05, 3.63) is 41.7 Å². The number of nitrogens with one attached hydrogen (secondary N) is 3. The fourth-order valence-electron chi connectivity index (χ4n) is 2.34. The summed E-state index contributed by atoms with van der Waals surface area (Å²) in [7, 11) is 0. The van der Waals surface area contributed by atoms with Gasteiger partial charge in [-0.3, -0.25) is 5.10 Å². The Balaban J connectivity index is 1.58. The first-order valence-corrected chi connectivity index (χ1v) is 7.64. The van der Waals surface area contributed by atoms with E-state index in [2.05, 4.69) is 20.8 Å². The van der Waals surface area contributed by atoms with Crippen LogP contribution in [-0.2, 0) is 6.54 Å². The molecule has 0 radical (unpaired) electrons. The summed E-state index contributed by atoms with van der Waals surface area (Å²) in [6, 6.07) is 7.17. The summed E-state index contributed by atoms with van der Waals surface area (Å²) in [4.78, 5) is 12.0. The number of rotatable bonds is 4. The monoisotopic (exact) mass is 316 g/mol. The van der Waals surface area contributed by atoms with Crippen LogP contribution in [0.25, 0.3) is 0 Å². The van der Waals surface area contributed by atoms with Crippen LogP contribution in [0.5, 0.6) is 11.5 Å². The molecule has 2 heterocycles. The first-order valence-electron chi connectivity index (χ1n) is 7.64. The van der Waals surface area contributed by atoms with Crippen molar-refractivity contribution in [2.45, 2.75) is 25.9 Å². The quantitative estimate of drug-likeness (QED) is 0.806. The zero-order valence-corrected chi connectivity index (χ0v) is 13.0. The van der Waals surface area contributed by atoms with Gasteiger partial charge in [0.25, 0.3) is 0 Å². The molecule has 0 saturated heterocycles. The van der Waals surface area contributed by atoms with Gasteiger partial charge in [-0.2, -0.15) is 5.10 Å². The number of ether oxygens (including phenoxy) is 2. The fourth-order valence-corrected chi connectivity index (χ4v) is 2.34. The maximum atomic E-state index is 12.0. The van der Waals surface area contributed by atoms with Gasteiger partial charge in [-0.1, -0.05) is 6.07 Å². The molecule has 0 saturated carbocycles. The third kappa shape index (κ3) is 3.94. The van der Waals surface area contributed by atoms with Crippen LogP contribution >= 0.6 is 0 Å². The van der Waals surface area contributed by atoms with E-state index in [9.17, 15) is 4.79 Å². The summed E-state index contributed by atoms with van der Waals surface area (Å²) in [5, 5.41) is 12.3. The van der Waals surface area contributed by atoms with Gasteiger partial charge in [-0.15, -0.1) is 0 Å². The highest BCUT2D eigenvalue weighted by Crippen LogP contribution is 2.32. The van der Waals surface area contributed by atoms with Crippen molar-refractivity contribution in [3.8, 4) is 11.5 Å². The first kappa shape index (κ1) is 15.2. The summed E-state index contributed by atoms with van der Waals surface area (Å²) in [5.74, 6) is 1.48. The largest absolute Gasteiger partial charge is 0.490 e. The summed E-state index contributed by atoms with van der Waals surface area (Å²) in [5.41, 5.74) is 1.81. The minimum Gasteiger partial charge on any atom is -0.490 e. The lowest BCUT2D eigenvalue weighted by Gasteiger charge is -2.16. The number of hydrogen-bond donors (Lipinski definition) is 3. The highest BCUT2D eigenvalue weighted by atomic mass is 16.5. The number of fused-ring (bicyclic) bond motifs is 1. The molecule has 1 aromatic heterocycles. The predicted molar refractivity (Wildman–Crippen MR) is 84.4 cm³/mol. The zero-order chi connectivity index (χ0) is 16.1. The summed E-state index contributed by atoms with van der Waals surface area (Å²) in [6.45, 7) is 3.63. The van der Waals surface area contributed by atoms with Gasteiger partial charge in [-0.05, 0) is 30.7 Å². The van der Waals surface area contributed by atoms with Crippen LogP contribution in [0.1, 0.15) is 30.6 Å². The molecule has 1 atom stereocenters. The summed E-state index contributed by atoms with van der Waals surface area (Å²) < 4.78 is 11.3. The van der Waals surface area contributed by atoms with Crippen molar-refractivity contribution in [1.29, 1.82) is 0 Å². The highest BCUT2D eigenvalue weighted by Gasteiger charge is 2.15. The molecule has 0 aliphatic carbocycles. The van der Waals surface area contributed by atoms with Gasteiger partial charge in [0.2, 0.25) is 0 Å². The summed E-state index contributed by atoms with van der Waals surface area (Å²) >= 11 is 0. The lowest BCUT2D eigenvalue weighted by atomic mass is 10.1. The number of aromatic nitrogens is 2. The Labute approximate surface area is 134 Å². The molecule has 122 valence electrons. The van der Waals surface area contributed by atoms with Crippen LogP contribution in [0.15, 0.2) is 30.5 Å². The van der Waals surface area contributed by atoms with E-state index in [0.29, 0.717) is 19.8 Å². The molecule has 3 rings (SSSR count). The maximum Gasteiger partial charge on any atom is 0.315 e. The van der Waals surface area contributed by atoms with E-state index >= 15 is 0 Å². The molecule has 3 N–H and O–H groups in total. The number of nitrogens with zero attached hydrogens (tertiary/aromatic N) is 1. The minimum atomic E-state index is -0.237. The van der Waals surface area contributed by atoms with Crippen LogP contribution in [0, 0.1) is 0 Å². The lowest BCUT2D eigenvalue weighted by molar-refractivity contribution is 0.237. The van der Waals surface area contributed by atoms with E-state index < -0.39 is 0 Å². The molecule has 0 spiro atoms. The number of H-pyrrole nitrogens is 1. The maximum absolute atomic E-state index is 12.0. The Morgan fingerprint density at radius 1 is 1.30 bits per heavy atom. The average Bonchev–Trinajstić information content (AvgIpc) is 2.96. The molecule has 23 heavy (non-hydrogen) atoms. The molecule has 0 fully saturated rings. The van der Waals surface area contributed by atoms with Crippen molar-refractivity contribution in [2.24, 2.45) is 0 Å². The molecule has 1 aliphatic rings. The highest BCUT2D eigenvalue weighted by molar-refractivity contribution is 5.74. The number of carbonyl (C=O) groups is 1. The zero-order valence-electron chi connectivity index (χ0n) is 13.0. The smallest absolute Gasteiger partial charge is 0.315 e. The van der Waals surface area contributed by atoms with E-state index in [1.54, 1.807) is 6.20 Å². The van der Waals surface area contributed by atoms with Gasteiger partial charge < -0.3 is 20.1 Å². The Morgan fingerprint density at radius 3 is 2.91 bits per heavy atom. The number of amides is 2. The van der Waals surface area contributed by atoms with Crippen LogP contribution in [0.3, 0.4) is 0 Å². The number of hydrogen-bond acceptors (Lipinski definition) is 4. The van der Waals surface area contributed by atoms with Crippen LogP contribution in [0.4, 0.5) is 4.79 Å². The Kier molecular flexibility index (Phi) is 4.65. The van der Waals surface area contributed by atoms with Gasteiger partial charge in [0.05, 0.1) is 31.5 Å². The van der Waals surface area contributed by atoms with Gasteiger partial charge in [0.15, 0.2) is 11.5 Å². The van der Waals surface area contributed by atoms with Crippen LogP contribution in [0.2, 0.25) is 0 Å². The first-order chi connectivity index (χ1) is 11.2. The van der Waals surface area contributed by atoms with Crippen molar-refractivity contribution < 1.29 is 14.3 Å². The van der Waals surface area contributed by atoms with Crippen LogP contribution < -0.4 is 20.1 Å². The molecule has 1 aromatic carbocycles. The van der Waals surface area contributed by atoms with Crippen molar-refractivity contribution >= 4 is 6.03 Å². The van der Waals surface area contributed by atoms with E-state index in [0.717, 1.165) is 29.2 Å². The minimum absolute atomic E-state index is 0.145. The van der Waals surface area contributed by atoms with Crippen LogP contribution in [-0.4, -0.2) is 29.4 Å². The molecule has 1 unspecified atom stereocenters. The van der Waals surface area contributed by atoms with E-state index in [-0.39, 0.29) is 12.1 Å². The SMILES string of the molecule is CC(NC(=O)NCc1ccn[nH]1)c1ccc2c(c1)OCCCO2. The van der Waals surface area contributed by atoms with Gasteiger partial charge in [-0.25, -0.2) is 4.79 Å². The van der Waals surface area contributed by atoms with E-state index in [1.807, 2.05) is 31.2 Å². The van der Waals surface area contributed by atoms with Crippen molar-refractivity contribution in [1.82, 2.24) is 20.8 Å². The van der Waals surface area contributed by atoms with Crippen molar-refractivity contribution in [2.75, 3.05) is 13.2 Å². The number of aromatic amines is 1. The van der Waals surface area contributed by atoms with E-state index in [1.165, 1.54) is 0 Å².